The van der Waals surface area contributed by atoms with Crippen LogP contribution < -0.4 is 5.32 Å². The summed E-state index contributed by atoms with van der Waals surface area (Å²) in [7, 11) is 0. The molecule has 0 unspecified atom stereocenters. The largest absolute Gasteiger partial charge is 0.389 e. The second-order valence-electron chi connectivity index (χ2n) is 5.22. The molecule has 1 fully saturated rings. The van der Waals surface area contributed by atoms with Crippen molar-refractivity contribution in [1.82, 2.24) is 10.2 Å². The van der Waals surface area contributed by atoms with Crippen molar-refractivity contribution in [2.75, 3.05) is 13.1 Å². The number of carbonyl (C=O) groups excluding carboxylic acids is 2. The van der Waals surface area contributed by atoms with Crippen LogP contribution in [0.25, 0.3) is 0 Å². The maximum absolute atomic E-state index is 12.1. The average molecular weight is 316 g/mol. The summed E-state index contributed by atoms with van der Waals surface area (Å²) in [5, 5.41) is 13.9. The topological polar surface area (TPSA) is 69.6 Å². The van der Waals surface area contributed by atoms with Gasteiger partial charge in [-0.25, -0.2) is 0 Å². The van der Waals surface area contributed by atoms with Gasteiger partial charge in [-0.05, 0) is 29.1 Å². The minimum Gasteiger partial charge on any atom is -0.389 e. The number of carbonyl (C=O) groups is 2. The fourth-order valence-corrected chi connectivity index (χ4v) is 2.89. The van der Waals surface area contributed by atoms with Gasteiger partial charge in [0.2, 0.25) is 0 Å². The lowest BCUT2D eigenvalue weighted by Crippen LogP contribution is -2.53. The van der Waals surface area contributed by atoms with Crippen LogP contribution in [-0.4, -0.2) is 41.0 Å². The van der Waals surface area contributed by atoms with Gasteiger partial charge < -0.3 is 15.3 Å². The van der Waals surface area contributed by atoms with Crippen molar-refractivity contribution in [3.63, 3.8) is 0 Å². The molecule has 5 nitrogen and oxygen atoms in total. The number of likely N-dealkylation sites (tertiary alicyclic amines) is 1. The third kappa shape index (κ3) is 3.18. The molecule has 0 spiro atoms. The lowest BCUT2D eigenvalue weighted by molar-refractivity contribution is 0.00589. The van der Waals surface area contributed by atoms with E-state index in [4.69, 9.17) is 0 Å². The molecule has 1 saturated heterocycles. The summed E-state index contributed by atoms with van der Waals surface area (Å²) in [5.41, 5.74) is 1.53. The second kappa shape index (κ2) is 6.29. The van der Waals surface area contributed by atoms with E-state index < -0.39 is 6.10 Å². The first-order valence-electron chi connectivity index (χ1n) is 7.01. The van der Waals surface area contributed by atoms with Gasteiger partial charge in [-0.15, -0.1) is 11.3 Å². The number of amides is 2. The lowest BCUT2D eigenvalue weighted by Gasteiger charge is -2.35. The van der Waals surface area contributed by atoms with E-state index in [1.165, 1.54) is 11.3 Å². The Kier molecular flexibility index (Phi) is 4.22. The molecular weight excluding hydrogens is 300 g/mol. The smallest absolute Gasteiger partial charge is 0.261 e. The summed E-state index contributed by atoms with van der Waals surface area (Å²) in [6.45, 7) is 1.22. The highest BCUT2D eigenvalue weighted by molar-refractivity contribution is 7.12. The predicted molar refractivity (Wildman–Crippen MR) is 83.8 cm³/mol. The molecule has 0 atom stereocenters. The maximum Gasteiger partial charge on any atom is 0.261 e. The highest BCUT2D eigenvalue weighted by Crippen LogP contribution is 2.14. The van der Waals surface area contributed by atoms with Gasteiger partial charge >= 0.3 is 0 Å². The Balaban J connectivity index is 1.55. The van der Waals surface area contributed by atoms with Gasteiger partial charge in [-0.2, -0.15) is 0 Å². The Morgan fingerprint density at radius 3 is 2.55 bits per heavy atom. The van der Waals surface area contributed by atoms with Crippen LogP contribution in [0, 0.1) is 0 Å². The first-order valence-corrected chi connectivity index (χ1v) is 7.89. The van der Waals surface area contributed by atoms with Crippen LogP contribution in [0.1, 0.15) is 25.6 Å². The fraction of sp³-hybridized carbons (Fsp3) is 0.250. The molecule has 3 rings (SSSR count). The minimum absolute atomic E-state index is 0.0699. The first-order chi connectivity index (χ1) is 10.6. The number of rotatable bonds is 4. The molecule has 1 aliphatic heterocycles. The summed E-state index contributed by atoms with van der Waals surface area (Å²) >= 11 is 1.40. The number of nitrogens with one attached hydrogen (secondary N) is 1. The summed E-state index contributed by atoms with van der Waals surface area (Å²) in [6, 6.07) is 10.8. The number of hydrogen-bond acceptors (Lipinski definition) is 4. The number of nitrogens with zero attached hydrogens (tertiary/aromatic N) is 1. The van der Waals surface area contributed by atoms with Gasteiger partial charge in [0.1, 0.15) is 0 Å². The van der Waals surface area contributed by atoms with Crippen molar-refractivity contribution in [2.45, 2.75) is 12.6 Å². The van der Waals surface area contributed by atoms with Crippen LogP contribution in [0.15, 0.2) is 41.8 Å². The molecule has 1 aliphatic rings. The molecule has 0 bridgehead atoms. The molecule has 0 radical (unpaired) electrons. The van der Waals surface area contributed by atoms with Crippen molar-refractivity contribution >= 4 is 23.2 Å². The molecule has 22 heavy (non-hydrogen) atoms. The summed E-state index contributed by atoms with van der Waals surface area (Å²) in [6.07, 6.45) is -0.393. The number of β-amino-alcohol motifs (C(OH)–C–C–N with tert-alkyl or cyclic N) is 1. The van der Waals surface area contributed by atoms with E-state index in [-0.39, 0.29) is 11.8 Å². The third-order valence-corrected chi connectivity index (χ3v) is 4.42. The monoisotopic (exact) mass is 316 g/mol. The number of thiophene rings is 1. The highest BCUT2D eigenvalue weighted by Gasteiger charge is 2.29. The zero-order chi connectivity index (χ0) is 15.5. The summed E-state index contributed by atoms with van der Waals surface area (Å²) < 4.78 is 0. The number of aliphatic hydroxyl groups excluding tert-OH is 1. The van der Waals surface area contributed by atoms with Crippen molar-refractivity contribution in [2.24, 2.45) is 0 Å². The molecule has 1 aromatic heterocycles. The van der Waals surface area contributed by atoms with Gasteiger partial charge in [0.25, 0.3) is 11.8 Å². The minimum atomic E-state index is -0.393. The van der Waals surface area contributed by atoms with E-state index >= 15 is 0 Å². The molecule has 0 saturated carbocycles. The first kappa shape index (κ1) is 14.7. The second-order valence-corrected chi connectivity index (χ2v) is 6.17. The Labute approximate surface area is 132 Å². The van der Waals surface area contributed by atoms with Crippen molar-refractivity contribution in [3.8, 4) is 0 Å². The van der Waals surface area contributed by atoms with Crippen LogP contribution in [0.2, 0.25) is 0 Å². The Hall–Kier alpha value is -2.18. The zero-order valence-corrected chi connectivity index (χ0v) is 12.7. The molecule has 2 aromatic rings. The quantitative estimate of drug-likeness (QED) is 0.898. The van der Waals surface area contributed by atoms with Crippen molar-refractivity contribution in [3.05, 3.63) is 57.8 Å². The van der Waals surface area contributed by atoms with Gasteiger partial charge in [-0.3, -0.25) is 9.59 Å². The maximum atomic E-state index is 12.1. The van der Waals surface area contributed by atoms with Crippen LogP contribution in [-0.2, 0) is 6.54 Å². The molecular formula is C16H16N2O3S. The van der Waals surface area contributed by atoms with Gasteiger partial charge in [0.15, 0.2) is 0 Å². The number of aliphatic hydroxyl groups is 1. The zero-order valence-electron chi connectivity index (χ0n) is 11.9. The van der Waals surface area contributed by atoms with E-state index in [1.54, 1.807) is 23.1 Å². The molecule has 0 aliphatic carbocycles. The number of benzene rings is 1. The molecule has 2 heterocycles. The SMILES string of the molecule is O=C(NCc1ccc(C(=O)N2CC(O)C2)cc1)c1cccs1. The lowest BCUT2D eigenvalue weighted by atomic mass is 10.1. The van der Waals surface area contributed by atoms with Crippen LogP contribution in [0.5, 0.6) is 0 Å². The third-order valence-electron chi connectivity index (χ3n) is 3.55. The summed E-state index contributed by atoms with van der Waals surface area (Å²) in [4.78, 5) is 26.2. The van der Waals surface area contributed by atoms with E-state index in [9.17, 15) is 14.7 Å². The summed E-state index contributed by atoms with van der Waals surface area (Å²) in [5.74, 6) is -0.163. The van der Waals surface area contributed by atoms with Crippen LogP contribution >= 0.6 is 11.3 Å². The molecule has 2 N–H and O–H groups in total. The Morgan fingerprint density at radius 1 is 1.23 bits per heavy atom. The van der Waals surface area contributed by atoms with Crippen molar-refractivity contribution < 1.29 is 14.7 Å². The average Bonchev–Trinajstić information content (AvgIpc) is 3.04. The molecule has 2 amide bonds. The van der Waals surface area contributed by atoms with Crippen molar-refractivity contribution in [1.29, 1.82) is 0 Å². The van der Waals surface area contributed by atoms with E-state index in [2.05, 4.69) is 5.32 Å². The van der Waals surface area contributed by atoms with Gasteiger partial charge in [0.05, 0.1) is 11.0 Å². The standard InChI is InChI=1S/C16H16N2O3S/c19-13-9-18(10-13)16(21)12-5-3-11(4-6-12)8-17-15(20)14-2-1-7-22-14/h1-7,13,19H,8-10H2,(H,17,20). The van der Waals surface area contributed by atoms with E-state index in [1.807, 2.05) is 23.6 Å². The van der Waals surface area contributed by atoms with E-state index in [0.717, 1.165) is 5.56 Å². The number of hydrogen-bond donors (Lipinski definition) is 2. The highest BCUT2D eigenvalue weighted by atomic mass is 32.1. The Morgan fingerprint density at radius 2 is 1.95 bits per heavy atom. The predicted octanol–water partition coefficient (Wildman–Crippen LogP) is 1.49. The van der Waals surface area contributed by atoms with Gasteiger partial charge in [-0.1, -0.05) is 18.2 Å². The van der Waals surface area contributed by atoms with E-state index in [0.29, 0.717) is 30.1 Å². The van der Waals surface area contributed by atoms with Crippen LogP contribution in [0.4, 0.5) is 0 Å². The molecule has 1 aromatic carbocycles. The molecule has 114 valence electrons. The Bertz CT molecular complexity index is 661. The normalized spacial score (nSPS) is 14.5. The fourth-order valence-electron chi connectivity index (χ4n) is 2.25. The van der Waals surface area contributed by atoms with Gasteiger partial charge in [0, 0.05) is 25.2 Å². The molecule has 6 heteroatoms. The van der Waals surface area contributed by atoms with Crippen LogP contribution in [0.3, 0.4) is 0 Å².